The summed E-state index contributed by atoms with van der Waals surface area (Å²) < 4.78 is 5.73. The maximum Gasteiger partial charge on any atom is 0.217 e. The average Bonchev–Trinajstić information content (AvgIpc) is 2.34. The molecule has 1 aromatic heterocycles. The van der Waals surface area contributed by atoms with E-state index in [1.165, 1.54) is 5.56 Å². The van der Waals surface area contributed by atoms with Crippen LogP contribution in [0.1, 0.15) is 5.56 Å². The Balaban J connectivity index is 1.85. The van der Waals surface area contributed by atoms with E-state index in [0.29, 0.717) is 11.7 Å². The maximum absolute atomic E-state index is 5.73. The zero-order valence-corrected chi connectivity index (χ0v) is 10.3. The third kappa shape index (κ3) is 2.33. The Kier molecular flexibility index (Phi) is 2.94. The van der Waals surface area contributed by atoms with E-state index in [4.69, 9.17) is 4.74 Å². The van der Waals surface area contributed by atoms with Gasteiger partial charge in [0.1, 0.15) is 6.10 Å². The molecule has 0 spiro atoms. The van der Waals surface area contributed by atoms with Gasteiger partial charge in [-0.05, 0) is 13.0 Å². The smallest absolute Gasteiger partial charge is 0.217 e. The third-order valence-electron chi connectivity index (χ3n) is 2.94. The van der Waals surface area contributed by atoms with Gasteiger partial charge in [0, 0.05) is 30.9 Å². The molecule has 18 heavy (non-hydrogen) atoms. The van der Waals surface area contributed by atoms with Gasteiger partial charge in [0.2, 0.25) is 5.88 Å². The zero-order valence-electron chi connectivity index (χ0n) is 10.3. The summed E-state index contributed by atoms with van der Waals surface area (Å²) in [6.07, 6.45) is 1.98. The van der Waals surface area contributed by atoms with Crippen LogP contribution in [-0.2, 0) is 0 Å². The van der Waals surface area contributed by atoms with Crippen molar-refractivity contribution in [2.45, 2.75) is 13.0 Å². The first-order valence-corrected chi connectivity index (χ1v) is 6.09. The highest BCUT2D eigenvalue weighted by Gasteiger charge is 2.19. The number of aromatic nitrogens is 2. The van der Waals surface area contributed by atoms with E-state index in [1.54, 1.807) is 12.3 Å². The average molecular weight is 241 g/mol. The molecule has 2 heterocycles. The van der Waals surface area contributed by atoms with E-state index >= 15 is 0 Å². The molecule has 0 atom stereocenters. The molecule has 1 N–H and O–H groups in total. The second-order valence-electron chi connectivity index (χ2n) is 4.49. The lowest BCUT2D eigenvalue weighted by Gasteiger charge is -2.27. The van der Waals surface area contributed by atoms with Crippen LogP contribution < -0.4 is 10.1 Å². The van der Waals surface area contributed by atoms with E-state index in [1.807, 2.05) is 12.1 Å². The summed E-state index contributed by atoms with van der Waals surface area (Å²) in [7, 11) is 0. The summed E-state index contributed by atoms with van der Waals surface area (Å²) >= 11 is 0. The molecular weight excluding hydrogens is 226 g/mol. The van der Waals surface area contributed by atoms with Gasteiger partial charge < -0.3 is 10.1 Å². The summed E-state index contributed by atoms with van der Waals surface area (Å²) in [5.41, 5.74) is 2.22. The monoisotopic (exact) mass is 241 g/mol. The normalized spacial score (nSPS) is 15.2. The molecule has 92 valence electrons. The molecule has 0 aliphatic carbocycles. The Morgan fingerprint density at radius 3 is 2.89 bits per heavy atom. The van der Waals surface area contributed by atoms with Crippen LogP contribution in [0.15, 0.2) is 36.5 Å². The fourth-order valence-electron chi connectivity index (χ4n) is 1.85. The van der Waals surface area contributed by atoms with Crippen LogP contribution in [0.3, 0.4) is 0 Å². The molecular formula is C14H15N3O. The van der Waals surface area contributed by atoms with Gasteiger partial charge >= 0.3 is 0 Å². The predicted molar refractivity (Wildman–Crippen MR) is 69.5 cm³/mol. The number of nitrogens with one attached hydrogen (secondary N) is 1. The first-order valence-electron chi connectivity index (χ1n) is 6.09. The zero-order chi connectivity index (χ0) is 12.4. The number of hydrogen-bond donors (Lipinski definition) is 1. The molecule has 1 saturated heterocycles. The van der Waals surface area contributed by atoms with Gasteiger partial charge in [0.15, 0.2) is 5.82 Å². The number of aryl methyl sites for hydroxylation is 1. The highest BCUT2D eigenvalue weighted by atomic mass is 16.5. The lowest BCUT2D eigenvalue weighted by molar-refractivity contribution is 0.136. The summed E-state index contributed by atoms with van der Waals surface area (Å²) in [4.78, 5) is 8.74. The van der Waals surface area contributed by atoms with Gasteiger partial charge in [-0.25, -0.2) is 4.98 Å². The number of hydrogen-bond acceptors (Lipinski definition) is 4. The fraction of sp³-hybridized carbons (Fsp3) is 0.286. The molecule has 1 fully saturated rings. The van der Waals surface area contributed by atoms with E-state index in [-0.39, 0.29) is 6.10 Å². The Bertz CT molecular complexity index is 552. The minimum absolute atomic E-state index is 0.241. The highest BCUT2D eigenvalue weighted by molar-refractivity contribution is 5.56. The number of ether oxygens (including phenoxy) is 1. The van der Waals surface area contributed by atoms with Gasteiger partial charge in [-0.15, -0.1) is 0 Å². The SMILES string of the molecule is Cc1cccc(-c2nccc(OC3CNC3)n2)c1. The van der Waals surface area contributed by atoms with Crippen molar-refractivity contribution in [2.24, 2.45) is 0 Å². The molecule has 0 amide bonds. The third-order valence-corrected chi connectivity index (χ3v) is 2.94. The van der Waals surface area contributed by atoms with Gasteiger partial charge in [0.25, 0.3) is 0 Å². The molecule has 0 bridgehead atoms. The first kappa shape index (κ1) is 11.2. The van der Waals surface area contributed by atoms with E-state index in [2.05, 4.69) is 34.3 Å². The molecule has 2 aromatic rings. The van der Waals surface area contributed by atoms with Crippen molar-refractivity contribution < 1.29 is 4.74 Å². The predicted octanol–water partition coefficient (Wildman–Crippen LogP) is 1.80. The van der Waals surface area contributed by atoms with Crippen LogP contribution in [0.2, 0.25) is 0 Å². The minimum atomic E-state index is 0.241. The van der Waals surface area contributed by atoms with Crippen molar-refractivity contribution in [3.8, 4) is 17.3 Å². The molecule has 3 rings (SSSR count). The Morgan fingerprint density at radius 1 is 1.28 bits per heavy atom. The second kappa shape index (κ2) is 4.74. The van der Waals surface area contributed by atoms with Crippen molar-refractivity contribution in [1.82, 2.24) is 15.3 Å². The quantitative estimate of drug-likeness (QED) is 0.890. The van der Waals surface area contributed by atoms with Crippen LogP contribution in [-0.4, -0.2) is 29.2 Å². The van der Waals surface area contributed by atoms with Crippen LogP contribution >= 0.6 is 0 Å². The molecule has 1 aliphatic heterocycles. The van der Waals surface area contributed by atoms with Gasteiger partial charge in [-0.3, -0.25) is 0 Å². The second-order valence-corrected chi connectivity index (χ2v) is 4.49. The van der Waals surface area contributed by atoms with Crippen molar-refractivity contribution in [3.05, 3.63) is 42.1 Å². The van der Waals surface area contributed by atoms with Crippen molar-refractivity contribution in [1.29, 1.82) is 0 Å². The van der Waals surface area contributed by atoms with Gasteiger partial charge in [-0.1, -0.05) is 23.8 Å². The van der Waals surface area contributed by atoms with Crippen molar-refractivity contribution in [2.75, 3.05) is 13.1 Å². The van der Waals surface area contributed by atoms with Gasteiger partial charge in [0.05, 0.1) is 0 Å². The Morgan fingerprint density at radius 2 is 2.17 bits per heavy atom. The maximum atomic E-state index is 5.73. The molecule has 1 aromatic carbocycles. The Labute approximate surface area is 106 Å². The van der Waals surface area contributed by atoms with Crippen LogP contribution in [0.4, 0.5) is 0 Å². The number of benzene rings is 1. The molecule has 1 aliphatic rings. The molecule has 4 nitrogen and oxygen atoms in total. The van der Waals surface area contributed by atoms with E-state index in [9.17, 15) is 0 Å². The first-order chi connectivity index (χ1) is 8.81. The van der Waals surface area contributed by atoms with Crippen LogP contribution in [0.25, 0.3) is 11.4 Å². The fourth-order valence-corrected chi connectivity index (χ4v) is 1.85. The highest BCUT2D eigenvalue weighted by Crippen LogP contribution is 2.19. The standard InChI is InChI=1S/C14H15N3O/c1-10-3-2-4-11(7-10)14-16-6-5-13(17-14)18-12-8-15-9-12/h2-7,12,15H,8-9H2,1H3. The summed E-state index contributed by atoms with van der Waals surface area (Å²) in [5, 5.41) is 3.17. The molecule has 0 radical (unpaired) electrons. The number of rotatable bonds is 3. The van der Waals surface area contributed by atoms with E-state index in [0.717, 1.165) is 18.7 Å². The summed E-state index contributed by atoms with van der Waals surface area (Å²) in [6, 6.07) is 9.96. The lowest BCUT2D eigenvalue weighted by Crippen LogP contribution is -2.50. The largest absolute Gasteiger partial charge is 0.472 e. The molecule has 4 heteroatoms. The van der Waals surface area contributed by atoms with Gasteiger partial charge in [-0.2, -0.15) is 4.98 Å². The summed E-state index contributed by atoms with van der Waals surface area (Å²) in [5.74, 6) is 1.36. The lowest BCUT2D eigenvalue weighted by atomic mass is 10.1. The van der Waals surface area contributed by atoms with Crippen molar-refractivity contribution >= 4 is 0 Å². The van der Waals surface area contributed by atoms with Crippen LogP contribution in [0, 0.1) is 6.92 Å². The minimum Gasteiger partial charge on any atom is -0.472 e. The molecule has 0 saturated carbocycles. The Hall–Kier alpha value is -1.94. The number of nitrogens with zero attached hydrogens (tertiary/aromatic N) is 2. The topological polar surface area (TPSA) is 47.0 Å². The van der Waals surface area contributed by atoms with E-state index < -0.39 is 0 Å². The molecule has 0 unspecified atom stereocenters. The summed E-state index contributed by atoms with van der Waals surface area (Å²) in [6.45, 7) is 3.84. The van der Waals surface area contributed by atoms with Crippen molar-refractivity contribution in [3.63, 3.8) is 0 Å². The van der Waals surface area contributed by atoms with Crippen LogP contribution in [0.5, 0.6) is 5.88 Å².